The first-order chi connectivity index (χ1) is 13.1. The molecule has 0 aliphatic rings. The number of anilines is 1. The van der Waals surface area contributed by atoms with E-state index < -0.39 is 0 Å². The van der Waals surface area contributed by atoms with Gasteiger partial charge in [0.15, 0.2) is 5.13 Å². The molecule has 1 aromatic heterocycles. The van der Waals surface area contributed by atoms with Gasteiger partial charge in [0.2, 0.25) is 0 Å². The molecular formula is C23H20N2OS. The van der Waals surface area contributed by atoms with E-state index in [1.807, 2.05) is 60.7 Å². The molecule has 0 bridgehead atoms. The molecule has 0 atom stereocenters. The lowest BCUT2D eigenvalue weighted by molar-refractivity contribution is 0.0985. The van der Waals surface area contributed by atoms with Crippen molar-refractivity contribution < 1.29 is 4.79 Å². The van der Waals surface area contributed by atoms with Crippen molar-refractivity contribution in [2.24, 2.45) is 0 Å². The van der Waals surface area contributed by atoms with Crippen LogP contribution in [0, 0.1) is 13.8 Å². The van der Waals surface area contributed by atoms with E-state index in [0.29, 0.717) is 12.1 Å². The van der Waals surface area contributed by atoms with Crippen LogP contribution >= 0.6 is 11.3 Å². The fraction of sp³-hybridized carbons (Fsp3) is 0.130. The van der Waals surface area contributed by atoms with Gasteiger partial charge in [-0.2, -0.15) is 0 Å². The molecule has 0 aliphatic heterocycles. The number of hydrogen-bond acceptors (Lipinski definition) is 3. The predicted molar refractivity (Wildman–Crippen MR) is 112 cm³/mol. The van der Waals surface area contributed by atoms with E-state index in [9.17, 15) is 4.79 Å². The number of carbonyl (C=O) groups is 1. The zero-order chi connectivity index (χ0) is 18.8. The highest BCUT2D eigenvalue weighted by molar-refractivity contribution is 7.22. The molecule has 4 aromatic rings. The molecule has 4 heteroatoms. The average Bonchev–Trinajstić information content (AvgIpc) is 3.11. The third-order valence-corrected chi connectivity index (χ3v) is 5.72. The molecule has 1 heterocycles. The molecule has 3 nitrogen and oxygen atoms in total. The monoisotopic (exact) mass is 372 g/mol. The number of thiazole rings is 1. The highest BCUT2D eigenvalue weighted by atomic mass is 32.1. The van der Waals surface area contributed by atoms with Crippen molar-refractivity contribution in [2.75, 3.05) is 4.90 Å². The summed E-state index contributed by atoms with van der Waals surface area (Å²) in [6.07, 6.45) is 0. The summed E-state index contributed by atoms with van der Waals surface area (Å²) >= 11 is 1.58. The molecule has 134 valence electrons. The van der Waals surface area contributed by atoms with Gasteiger partial charge in [-0.15, -0.1) is 0 Å². The van der Waals surface area contributed by atoms with Crippen molar-refractivity contribution in [3.8, 4) is 0 Å². The van der Waals surface area contributed by atoms with Crippen LogP contribution < -0.4 is 4.90 Å². The summed E-state index contributed by atoms with van der Waals surface area (Å²) < 4.78 is 1.13. The Morgan fingerprint density at radius 3 is 2.33 bits per heavy atom. The van der Waals surface area contributed by atoms with Crippen LogP contribution in [0.2, 0.25) is 0 Å². The molecule has 0 radical (unpaired) electrons. The van der Waals surface area contributed by atoms with Crippen molar-refractivity contribution >= 4 is 32.6 Å². The van der Waals surface area contributed by atoms with Crippen LogP contribution in [0.25, 0.3) is 10.2 Å². The van der Waals surface area contributed by atoms with E-state index in [2.05, 4.69) is 26.0 Å². The quantitative estimate of drug-likeness (QED) is 0.456. The first-order valence-electron chi connectivity index (χ1n) is 8.90. The number of benzene rings is 3. The van der Waals surface area contributed by atoms with Gasteiger partial charge >= 0.3 is 0 Å². The molecule has 1 amide bonds. The fourth-order valence-electron chi connectivity index (χ4n) is 3.21. The summed E-state index contributed by atoms with van der Waals surface area (Å²) in [5, 5.41) is 0.733. The maximum Gasteiger partial charge on any atom is 0.260 e. The number of aryl methyl sites for hydroxylation is 2. The zero-order valence-corrected chi connectivity index (χ0v) is 16.2. The average molecular weight is 372 g/mol. The smallest absolute Gasteiger partial charge is 0.260 e. The molecule has 3 aromatic carbocycles. The number of aromatic nitrogens is 1. The Labute approximate surface area is 162 Å². The Balaban J connectivity index is 1.80. The van der Waals surface area contributed by atoms with E-state index in [-0.39, 0.29) is 5.91 Å². The Morgan fingerprint density at radius 2 is 1.63 bits per heavy atom. The van der Waals surface area contributed by atoms with Gasteiger partial charge in [-0.25, -0.2) is 4.98 Å². The van der Waals surface area contributed by atoms with Crippen LogP contribution in [0.3, 0.4) is 0 Å². The molecule has 0 unspecified atom stereocenters. The van der Waals surface area contributed by atoms with E-state index in [0.717, 1.165) is 20.9 Å². The second kappa shape index (κ2) is 7.33. The van der Waals surface area contributed by atoms with Crippen molar-refractivity contribution in [3.63, 3.8) is 0 Å². The van der Waals surface area contributed by atoms with Gasteiger partial charge in [-0.05, 0) is 48.7 Å². The summed E-state index contributed by atoms with van der Waals surface area (Å²) in [7, 11) is 0. The summed E-state index contributed by atoms with van der Waals surface area (Å²) in [6.45, 7) is 4.66. The number of rotatable bonds is 4. The Bertz CT molecular complexity index is 1090. The highest BCUT2D eigenvalue weighted by Gasteiger charge is 2.22. The van der Waals surface area contributed by atoms with Crippen molar-refractivity contribution in [3.05, 3.63) is 95.1 Å². The molecule has 0 aliphatic carbocycles. The second-order valence-electron chi connectivity index (χ2n) is 6.67. The summed E-state index contributed by atoms with van der Waals surface area (Å²) in [5.74, 6) is -0.0344. The normalized spacial score (nSPS) is 10.9. The topological polar surface area (TPSA) is 33.2 Å². The lowest BCUT2D eigenvalue weighted by Crippen LogP contribution is -2.30. The van der Waals surface area contributed by atoms with E-state index in [1.54, 1.807) is 16.2 Å². The van der Waals surface area contributed by atoms with Crippen LogP contribution in [0.1, 0.15) is 27.0 Å². The van der Waals surface area contributed by atoms with Crippen molar-refractivity contribution in [1.82, 2.24) is 4.98 Å². The SMILES string of the molecule is Cc1cc(C)c2sc(N(Cc3ccccc3)C(=O)c3ccccc3)nc2c1. The third kappa shape index (κ3) is 3.62. The minimum atomic E-state index is -0.0344. The van der Waals surface area contributed by atoms with Gasteiger partial charge in [0, 0.05) is 5.56 Å². The maximum atomic E-state index is 13.3. The number of fused-ring (bicyclic) bond motifs is 1. The molecule has 0 N–H and O–H groups in total. The largest absolute Gasteiger partial charge is 0.279 e. The first kappa shape index (κ1) is 17.4. The first-order valence-corrected chi connectivity index (χ1v) is 9.72. The van der Waals surface area contributed by atoms with Gasteiger partial charge in [-0.1, -0.05) is 65.9 Å². The lowest BCUT2D eigenvalue weighted by Gasteiger charge is -2.20. The van der Waals surface area contributed by atoms with E-state index >= 15 is 0 Å². The molecule has 4 rings (SSSR count). The standard InChI is InChI=1S/C23H20N2OS/c1-16-13-17(2)21-20(14-16)24-23(27-21)25(15-18-9-5-3-6-10-18)22(26)19-11-7-4-8-12-19/h3-14H,15H2,1-2H3. The van der Waals surface area contributed by atoms with Crippen LogP contribution in [-0.4, -0.2) is 10.9 Å². The molecule has 0 saturated heterocycles. The summed E-state index contributed by atoms with van der Waals surface area (Å²) in [4.78, 5) is 19.9. The van der Waals surface area contributed by atoms with Gasteiger partial charge in [0.25, 0.3) is 5.91 Å². The van der Waals surface area contributed by atoms with Crippen LogP contribution in [0.15, 0.2) is 72.8 Å². The fourth-order valence-corrected chi connectivity index (χ4v) is 4.22. The van der Waals surface area contributed by atoms with Crippen molar-refractivity contribution in [1.29, 1.82) is 0 Å². The second-order valence-corrected chi connectivity index (χ2v) is 7.65. The highest BCUT2D eigenvalue weighted by Crippen LogP contribution is 2.33. The molecule has 0 spiro atoms. The van der Waals surface area contributed by atoms with Crippen LogP contribution in [0.4, 0.5) is 5.13 Å². The van der Waals surface area contributed by atoms with E-state index in [4.69, 9.17) is 4.98 Å². The number of hydrogen-bond donors (Lipinski definition) is 0. The van der Waals surface area contributed by atoms with Gasteiger partial charge < -0.3 is 0 Å². The Kier molecular flexibility index (Phi) is 4.73. The molecule has 0 saturated carbocycles. The number of amides is 1. The maximum absolute atomic E-state index is 13.3. The van der Waals surface area contributed by atoms with Gasteiger partial charge in [0.05, 0.1) is 16.8 Å². The molecule has 27 heavy (non-hydrogen) atoms. The van der Waals surface area contributed by atoms with Crippen LogP contribution in [-0.2, 0) is 6.54 Å². The zero-order valence-electron chi connectivity index (χ0n) is 15.3. The number of nitrogens with zero attached hydrogens (tertiary/aromatic N) is 2. The number of carbonyl (C=O) groups excluding carboxylic acids is 1. The van der Waals surface area contributed by atoms with Crippen molar-refractivity contribution in [2.45, 2.75) is 20.4 Å². The molecular weight excluding hydrogens is 352 g/mol. The van der Waals surface area contributed by atoms with Crippen LogP contribution in [0.5, 0.6) is 0 Å². The minimum Gasteiger partial charge on any atom is -0.279 e. The molecule has 0 fully saturated rings. The van der Waals surface area contributed by atoms with Gasteiger partial charge in [-0.3, -0.25) is 9.69 Å². The van der Waals surface area contributed by atoms with Gasteiger partial charge in [0.1, 0.15) is 0 Å². The lowest BCUT2D eigenvalue weighted by atomic mass is 10.1. The van der Waals surface area contributed by atoms with E-state index in [1.165, 1.54) is 11.1 Å². The summed E-state index contributed by atoms with van der Waals surface area (Å²) in [6, 6.07) is 23.7. The third-order valence-electron chi connectivity index (χ3n) is 4.49. The minimum absolute atomic E-state index is 0.0344. The predicted octanol–water partition coefficient (Wildman–Crippen LogP) is 5.76. The Hall–Kier alpha value is -2.98. The summed E-state index contributed by atoms with van der Waals surface area (Å²) in [5.41, 5.74) is 5.07. The Morgan fingerprint density at radius 1 is 0.963 bits per heavy atom.